The van der Waals surface area contributed by atoms with Crippen LogP contribution in [0.3, 0.4) is 0 Å². The van der Waals surface area contributed by atoms with Gasteiger partial charge >= 0.3 is 0 Å². The molecule has 0 aliphatic carbocycles. The lowest BCUT2D eigenvalue weighted by Gasteiger charge is -2.07. The molecule has 0 unspecified atom stereocenters. The second-order valence-corrected chi connectivity index (χ2v) is 3.73. The van der Waals surface area contributed by atoms with E-state index in [4.69, 9.17) is 0 Å². The van der Waals surface area contributed by atoms with Crippen LogP contribution in [0.4, 0.5) is 0 Å². The Bertz CT molecular complexity index is 530. The number of phenolic OH excluding ortho intramolecular Hbond substituents is 1. The molecule has 0 atom stereocenters. The third kappa shape index (κ3) is 1.82. The molecule has 2 nitrogen and oxygen atoms in total. The monoisotopic (exact) mass is 212 g/mol. The highest BCUT2D eigenvalue weighted by Crippen LogP contribution is 2.31. The van der Waals surface area contributed by atoms with Crippen molar-refractivity contribution in [1.29, 1.82) is 0 Å². The topological polar surface area (TPSA) is 37.3 Å². The van der Waals surface area contributed by atoms with Gasteiger partial charge in [-0.25, -0.2) is 0 Å². The van der Waals surface area contributed by atoms with Crippen molar-refractivity contribution >= 4 is 6.29 Å². The maximum absolute atomic E-state index is 10.7. The van der Waals surface area contributed by atoms with Crippen LogP contribution >= 0.6 is 0 Å². The summed E-state index contributed by atoms with van der Waals surface area (Å²) in [6.45, 7) is 1.99. The Morgan fingerprint density at radius 2 is 1.88 bits per heavy atom. The predicted octanol–water partition coefficient (Wildman–Crippen LogP) is 3.18. The van der Waals surface area contributed by atoms with E-state index >= 15 is 0 Å². The van der Waals surface area contributed by atoms with E-state index < -0.39 is 0 Å². The van der Waals surface area contributed by atoms with Gasteiger partial charge in [0.25, 0.3) is 0 Å². The summed E-state index contributed by atoms with van der Waals surface area (Å²) >= 11 is 0. The number of aryl methyl sites for hydroxylation is 1. The van der Waals surface area contributed by atoms with Crippen molar-refractivity contribution in [3.63, 3.8) is 0 Å². The lowest BCUT2D eigenvalue weighted by Crippen LogP contribution is -1.86. The summed E-state index contributed by atoms with van der Waals surface area (Å²) in [6, 6.07) is 13.0. The van der Waals surface area contributed by atoms with Crippen LogP contribution in [0.2, 0.25) is 0 Å². The molecule has 2 aromatic rings. The lowest BCUT2D eigenvalue weighted by atomic mass is 10.0. The van der Waals surface area contributed by atoms with Crippen molar-refractivity contribution in [3.8, 4) is 16.9 Å². The van der Waals surface area contributed by atoms with Crippen LogP contribution < -0.4 is 0 Å². The number of phenols is 1. The summed E-state index contributed by atoms with van der Waals surface area (Å²) in [5.41, 5.74) is 3.04. The van der Waals surface area contributed by atoms with E-state index in [1.165, 1.54) is 0 Å². The maximum Gasteiger partial charge on any atom is 0.153 e. The van der Waals surface area contributed by atoms with Crippen LogP contribution in [0.1, 0.15) is 15.9 Å². The zero-order valence-corrected chi connectivity index (χ0v) is 8.97. The number of aromatic hydroxyl groups is 1. The summed E-state index contributed by atoms with van der Waals surface area (Å²) in [5, 5.41) is 9.90. The van der Waals surface area contributed by atoms with Crippen LogP contribution in [0.15, 0.2) is 42.5 Å². The van der Waals surface area contributed by atoms with Gasteiger partial charge in [-0.15, -0.1) is 0 Å². The van der Waals surface area contributed by atoms with Crippen molar-refractivity contribution < 1.29 is 9.90 Å². The minimum Gasteiger partial charge on any atom is -0.507 e. The Balaban J connectivity index is 2.60. The molecule has 0 bridgehead atoms. The van der Waals surface area contributed by atoms with Gasteiger partial charge in [0.05, 0.1) is 5.56 Å². The SMILES string of the molecule is Cc1cccc(-c2cccc(C=O)c2O)c1. The Kier molecular flexibility index (Phi) is 2.73. The standard InChI is InChI=1S/C14H12O2/c1-10-4-2-5-11(8-10)13-7-3-6-12(9-15)14(13)16/h2-9,16H,1H3. The summed E-state index contributed by atoms with van der Waals surface area (Å²) in [5.74, 6) is 0.0445. The summed E-state index contributed by atoms with van der Waals surface area (Å²) in [7, 11) is 0. The fraction of sp³-hybridized carbons (Fsp3) is 0.0714. The van der Waals surface area contributed by atoms with Crippen molar-refractivity contribution in [1.82, 2.24) is 0 Å². The van der Waals surface area contributed by atoms with Crippen LogP contribution in [-0.2, 0) is 0 Å². The molecule has 0 aliphatic rings. The molecule has 2 aromatic carbocycles. The number of aldehydes is 1. The molecule has 80 valence electrons. The smallest absolute Gasteiger partial charge is 0.153 e. The second-order valence-electron chi connectivity index (χ2n) is 3.73. The fourth-order valence-corrected chi connectivity index (χ4v) is 1.70. The molecule has 0 fully saturated rings. The second kappa shape index (κ2) is 4.19. The highest BCUT2D eigenvalue weighted by Gasteiger charge is 2.07. The average Bonchev–Trinajstić information content (AvgIpc) is 2.29. The van der Waals surface area contributed by atoms with Crippen LogP contribution in [-0.4, -0.2) is 11.4 Å². The number of hydrogen-bond acceptors (Lipinski definition) is 2. The van der Waals surface area contributed by atoms with E-state index in [2.05, 4.69) is 0 Å². The van der Waals surface area contributed by atoms with E-state index in [0.29, 0.717) is 17.4 Å². The molecule has 0 spiro atoms. The molecule has 16 heavy (non-hydrogen) atoms. The average molecular weight is 212 g/mol. The van der Waals surface area contributed by atoms with Crippen molar-refractivity contribution in [2.75, 3.05) is 0 Å². The Hall–Kier alpha value is -2.09. The van der Waals surface area contributed by atoms with Crippen molar-refractivity contribution in [2.24, 2.45) is 0 Å². The number of hydrogen-bond donors (Lipinski definition) is 1. The van der Waals surface area contributed by atoms with Gasteiger partial charge in [0.2, 0.25) is 0 Å². The van der Waals surface area contributed by atoms with E-state index in [1.807, 2.05) is 31.2 Å². The quantitative estimate of drug-likeness (QED) is 0.776. The summed E-state index contributed by atoms with van der Waals surface area (Å²) in [4.78, 5) is 10.7. The highest BCUT2D eigenvalue weighted by molar-refractivity contribution is 5.85. The van der Waals surface area contributed by atoms with Gasteiger partial charge in [-0.05, 0) is 18.6 Å². The van der Waals surface area contributed by atoms with Gasteiger partial charge in [0.15, 0.2) is 6.29 Å². The normalized spacial score (nSPS) is 10.1. The Labute approximate surface area is 94.2 Å². The van der Waals surface area contributed by atoms with E-state index in [1.54, 1.807) is 18.2 Å². The fourth-order valence-electron chi connectivity index (χ4n) is 1.70. The van der Waals surface area contributed by atoms with Gasteiger partial charge in [0, 0.05) is 5.56 Å². The number of rotatable bonds is 2. The van der Waals surface area contributed by atoms with Gasteiger partial charge in [-0.3, -0.25) is 4.79 Å². The first kappa shape index (κ1) is 10.4. The lowest BCUT2D eigenvalue weighted by molar-refractivity contribution is 0.112. The Morgan fingerprint density at radius 1 is 1.12 bits per heavy atom. The van der Waals surface area contributed by atoms with Gasteiger partial charge in [-0.2, -0.15) is 0 Å². The largest absolute Gasteiger partial charge is 0.507 e. The number of benzene rings is 2. The molecule has 2 heteroatoms. The van der Waals surface area contributed by atoms with Crippen molar-refractivity contribution in [2.45, 2.75) is 6.92 Å². The summed E-state index contributed by atoms with van der Waals surface area (Å²) in [6.07, 6.45) is 0.661. The van der Waals surface area contributed by atoms with Crippen LogP contribution in [0.5, 0.6) is 5.75 Å². The minimum absolute atomic E-state index is 0.0445. The number of para-hydroxylation sites is 1. The van der Waals surface area contributed by atoms with Gasteiger partial charge < -0.3 is 5.11 Å². The number of carbonyl (C=O) groups excluding carboxylic acids is 1. The van der Waals surface area contributed by atoms with Crippen LogP contribution in [0.25, 0.3) is 11.1 Å². The van der Waals surface area contributed by atoms with E-state index in [-0.39, 0.29) is 5.75 Å². The Morgan fingerprint density at radius 3 is 2.56 bits per heavy atom. The first-order chi connectivity index (χ1) is 7.72. The van der Waals surface area contributed by atoms with E-state index in [9.17, 15) is 9.90 Å². The molecule has 1 N–H and O–H groups in total. The molecule has 0 aromatic heterocycles. The molecule has 0 amide bonds. The molecule has 2 rings (SSSR count). The molecule has 0 radical (unpaired) electrons. The number of carbonyl (C=O) groups is 1. The summed E-state index contributed by atoms with van der Waals surface area (Å²) < 4.78 is 0. The molecular weight excluding hydrogens is 200 g/mol. The molecule has 0 saturated carbocycles. The van der Waals surface area contributed by atoms with Gasteiger partial charge in [-0.1, -0.05) is 42.0 Å². The molecule has 0 aliphatic heterocycles. The van der Waals surface area contributed by atoms with Crippen molar-refractivity contribution in [3.05, 3.63) is 53.6 Å². The third-order valence-electron chi connectivity index (χ3n) is 2.52. The highest BCUT2D eigenvalue weighted by atomic mass is 16.3. The van der Waals surface area contributed by atoms with Gasteiger partial charge in [0.1, 0.15) is 5.75 Å². The maximum atomic E-state index is 10.7. The predicted molar refractivity (Wildman–Crippen MR) is 63.7 cm³/mol. The van der Waals surface area contributed by atoms with E-state index in [0.717, 1.165) is 11.1 Å². The third-order valence-corrected chi connectivity index (χ3v) is 2.52. The molecule has 0 saturated heterocycles. The molecule has 0 heterocycles. The zero-order chi connectivity index (χ0) is 11.5. The molecular formula is C14H12O2. The minimum atomic E-state index is 0.0445. The first-order valence-electron chi connectivity index (χ1n) is 5.06. The van der Waals surface area contributed by atoms with Crippen LogP contribution in [0, 0.1) is 6.92 Å². The zero-order valence-electron chi connectivity index (χ0n) is 8.97. The first-order valence-corrected chi connectivity index (χ1v) is 5.06.